The van der Waals surface area contributed by atoms with E-state index < -0.39 is 0 Å². The molecule has 0 atom stereocenters. The molecule has 1 aliphatic heterocycles. The van der Waals surface area contributed by atoms with Crippen molar-refractivity contribution in [2.45, 2.75) is 17.5 Å². The monoisotopic (exact) mass is 476 g/mol. The number of rotatable bonds is 6. The Balaban J connectivity index is 1.29. The third-order valence-corrected chi connectivity index (χ3v) is 6.97. The topological polar surface area (TPSA) is 92.3 Å². The molecular formula is C23H16N4O4S2. The summed E-state index contributed by atoms with van der Waals surface area (Å²) in [5.74, 6) is 2.65. The SMILES string of the molecule is O=c1c2ccccc2nc(SCc2nc(-c3ccc4c(c3)OCO4)no2)n1Cc1cccs1. The van der Waals surface area contributed by atoms with Crippen LogP contribution in [-0.4, -0.2) is 26.5 Å². The molecule has 2 aromatic carbocycles. The molecule has 0 unspecified atom stereocenters. The van der Waals surface area contributed by atoms with Crippen molar-refractivity contribution in [1.29, 1.82) is 0 Å². The molecule has 0 amide bonds. The van der Waals surface area contributed by atoms with Gasteiger partial charge in [-0.2, -0.15) is 4.98 Å². The third-order valence-electron chi connectivity index (χ3n) is 5.14. The molecule has 10 heteroatoms. The highest BCUT2D eigenvalue weighted by molar-refractivity contribution is 7.98. The maximum absolute atomic E-state index is 13.2. The molecule has 0 fully saturated rings. The Kier molecular flexibility index (Phi) is 5.08. The highest BCUT2D eigenvalue weighted by Crippen LogP contribution is 2.35. The molecule has 8 nitrogen and oxygen atoms in total. The molecule has 1 aliphatic rings. The zero-order valence-corrected chi connectivity index (χ0v) is 18.8. The van der Waals surface area contributed by atoms with E-state index in [1.165, 1.54) is 11.8 Å². The van der Waals surface area contributed by atoms with Crippen LogP contribution in [0.4, 0.5) is 0 Å². The number of thiophene rings is 1. The van der Waals surface area contributed by atoms with E-state index in [9.17, 15) is 4.79 Å². The number of hydrogen-bond acceptors (Lipinski definition) is 9. The summed E-state index contributed by atoms with van der Waals surface area (Å²) < 4.78 is 17.9. The smallest absolute Gasteiger partial charge is 0.262 e. The lowest BCUT2D eigenvalue weighted by Gasteiger charge is -2.11. The van der Waals surface area contributed by atoms with Gasteiger partial charge in [-0.1, -0.05) is 35.1 Å². The summed E-state index contributed by atoms with van der Waals surface area (Å²) >= 11 is 3.00. The normalized spacial score (nSPS) is 12.5. The van der Waals surface area contributed by atoms with E-state index in [-0.39, 0.29) is 12.4 Å². The first-order valence-electron chi connectivity index (χ1n) is 10.1. The Hall–Kier alpha value is -3.63. The Morgan fingerprint density at radius 1 is 1.03 bits per heavy atom. The molecule has 0 saturated heterocycles. The van der Waals surface area contributed by atoms with Crippen molar-refractivity contribution in [2.75, 3.05) is 6.79 Å². The average Bonchev–Trinajstić information content (AvgIpc) is 3.61. The van der Waals surface area contributed by atoms with Crippen LogP contribution in [0, 0.1) is 0 Å². The first-order valence-corrected chi connectivity index (χ1v) is 12.0. The third kappa shape index (κ3) is 3.87. The van der Waals surface area contributed by atoms with Gasteiger partial charge in [-0.05, 0) is 41.8 Å². The van der Waals surface area contributed by atoms with Gasteiger partial charge in [0, 0.05) is 10.4 Å². The first kappa shape index (κ1) is 20.0. The fourth-order valence-electron chi connectivity index (χ4n) is 3.55. The highest BCUT2D eigenvalue weighted by atomic mass is 32.2. The maximum atomic E-state index is 13.2. The minimum atomic E-state index is -0.0666. The van der Waals surface area contributed by atoms with E-state index in [1.807, 2.05) is 53.9 Å². The zero-order chi connectivity index (χ0) is 22.2. The van der Waals surface area contributed by atoms with Crippen molar-refractivity contribution >= 4 is 34.0 Å². The quantitative estimate of drug-likeness (QED) is 0.260. The van der Waals surface area contributed by atoms with Gasteiger partial charge in [0.15, 0.2) is 16.7 Å². The van der Waals surface area contributed by atoms with E-state index in [0.717, 1.165) is 10.4 Å². The van der Waals surface area contributed by atoms with Crippen LogP contribution in [0.25, 0.3) is 22.3 Å². The standard InChI is InChI=1S/C23H16N4O4S2/c28-22-16-5-1-2-6-17(16)24-23(27(22)11-15-4-3-9-32-15)33-12-20-25-21(26-31-20)14-7-8-18-19(10-14)30-13-29-18/h1-10H,11-13H2. The summed E-state index contributed by atoms with van der Waals surface area (Å²) in [6.45, 7) is 0.668. The van der Waals surface area contributed by atoms with E-state index >= 15 is 0 Å². The Bertz CT molecular complexity index is 1510. The summed E-state index contributed by atoms with van der Waals surface area (Å²) in [5, 5.41) is 7.29. The summed E-state index contributed by atoms with van der Waals surface area (Å²) in [6.07, 6.45) is 0. The Labute approximate surface area is 195 Å². The number of benzene rings is 2. The van der Waals surface area contributed by atoms with Gasteiger partial charge in [0.1, 0.15) is 0 Å². The van der Waals surface area contributed by atoms with Crippen molar-refractivity contribution in [3.63, 3.8) is 0 Å². The van der Waals surface area contributed by atoms with Crippen molar-refractivity contribution in [3.8, 4) is 22.9 Å². The predicted octanol–water partition coefficient (Wildman–Crippen LogP) is 4.58. The van der Waals surface area contributed by atoms with Gasteiger partial charge < -0.3 is 14.0 Å². The molecular weight excluding hydrogens is 460 g/mol. The summed E-state index contributed by atoms with van der Waals surface area (Å²) in [7, 11) is 0. The second-order valence-corrected chi connectivity index (χ2v) is 9.23. The highest BCUT2D eigenvalue weighted by Gasteiger charge is 2.18. The van der Waals surface area contributed by atoms with Crippen molar-refractivity contribution < 1.29 is 14.0 Å². The molecule has 6 rings (SSSR count). The van der Waals surface area contributed by atoms with Crippen LogP contribution in [0.1, 0.15) is 10.8 Å². The lowest BCUT2D eigenvalue weighted by molar-refractivity contribution is 0.174. The Morgan fingerprint density at radius 3 is 2.85 bits per heavy atom. The molecule has 0 saturated carbocycles. The van der Waals surface area contributed by atoms with Gasteiger partial charge in [-0.25, -0.2) is 4.98 Å². The first-order chi connectivity index (χ1) is 16.2. The van der Waals surface area contributed by atoms with Crippen LogP contribution in [0.15, 0.2) is 74.5 Å². The number of fused-ring (bicyclic) bond motifs is 2. The van der Waals surface area contributed by atoms with E-state index in [2.05, 4.69) is 10.1 Å². The molecule has 33 heavy (non-hydrogen) atoms. The minimum Gasteiger partial charge on any atom is -0.454 e. The number of thioether (sulfide) groups is 1. The lowest BCUT2D eigenvalue weighted by atomic mass is 10.2. The molecule has 0 N–H and O–H groups in total. The molecule has 4 heterocycles. The number of ether oxygens (including phenoxy) is 2. The van der Waals surface area contributed by atoms with Gasteiger partial charge in [0.05, 0.1) is 23.2 Å². The number of para-hydroxylation sites is 1. The van der Waals surface area contributed by atoms with Crippen LogP contribution < -0.4 is 15.0 Å². The molecule has 0 radical (unpaired) electrons. The fraction of sp³-hybridized carbons (Fsp3) is 0.130. The van der Waals surface area contributed by atoms with Crippen LogP contribution in [0.5, 0.6) is 11.5 Å². The van der Waals surface area contributed by atoms with Crippen molar-refractivity contribution in [2.24, 2.45) is 0 Å². The number of nitrogens with zero attached hydrogens (tertiary/aromatic N) is 4. The molecule has 0 aliphatic carbocycles. The van der Waals surface area contributed by atoms with Crippen LogP contribution in [-0.2, 0) is 12.3 Å². The van der Waals surface area contributed by atoms with Gasteiger partial charge in [0.2, 0.25) is 18.5 Å². The summed E-state index contributed by atoms with van der Waals surface area (Å²) in [6, 6.07) is 16.9. The lowest BCUT2D eigenvalue weighted by Crippen LogP contribution is -2.23. The fourth-order valence-corrected chi connectivity index (χ4v) is 5.08. The Morgan fingerprint density at radius 2 is 1.94 bits per heavy atom. The molecule has 164 valence electrons. The predicted molar refractivity (Wildman–Crippen MR) is 125 cm³/mol. The average molecular weight is 477 g/mol. The second kappa shape index (κ2) is 8.38. The molecule has 0 bridgehead atoms. The largest absolute Gasteiger partial charge is 0.454 e. The van der Waals surface area contributed by atoms with Crippen molar-refractivity contribution in [3.05, 3.63) is 81.1 Å². The second-order valence-electron chi connectivity index (χ2n) is 7.25. The van der Waals surface area contributed by atoms with Gasteiger partial charge in [-0.15, -0.1) is 11.3 Å². The summed E-state index contributed by atoms with van der Waals surface area (Å²) in [5.41, 5.74) is 1.37. The summed E-state index contributed by atoms with van der Waals surface area (Å²) in [4.78, 5) is 23.5. The number of hydrogen-bond donors (Lipinski definition) is 0. The van der Waals surface area contributed by atoms with Gasteiger partial charge in [-0.3, -0.25) is 9.36 Å². The molecule has 3 aromatic heterocycles. The van der Waals surface area contributed by atoms with Crippen molar-refractivity contribution in [1.82, 2.24) is 19.7 Å². The minimum absolute atomic E-state index is 0.0666. The van der Waals surface area contributed by atoms with Crippen LogP contribution in [0.2, 0.25) is 0 Å². The molecule has 0 spiro atoms. The van der Waals surface area contributed by atoms with E-state index in [1.54, 1.807) is 22.0 Å². The van der Waals surface area contributed by atoms with Crippen LogP contribution >= 0.6 is 23.1 Å². The number of aromatic nitrogens is 4. The van der Waals surface area contributed by atoms with E-state index in [0.29, 0.717) is 51.6 Å². The van der Waals surface area contributed by atoms with Crippen LogP contribution in [0.3, 0.4) is 0 Å². The zero-order valence-electron chi connectivity index (χ0n) is 17.1. The van der Waals surface area contributed by atoms with Gasteiger partial charge >= 0.3 is 0 Å². The van der Waals surface area contributed by atoms with Gasteiger partial charge in [0.25, 0.3) is 5.56 Å². The maximum Gasteiger partial charge on any atom is 0.262 e. The molecule has 5 aromatic rings. The van der Waals surface area contributed by atoms with E-state index in [4.69, 9.17) is 19.0 Å².